The molecule has 2 rings (SSSR count). The smallest absolute Gasteiger partial charge is 0.130 e. The van der Waals surface area contributed by atoms with Gasteiger partial charge in [-0.1, -0.05) is 45.0 Å². The summed E-state index contributed by atoms with van der Waals surface area (Å²) in [6.45, 7) is 8.61. The third kappa shape index (κ3) is 3.40. The van der Waals surface area contributed by atoms with Crippen molar-refractivity contribution >= 4 is 0 Å². The van der Waals surface area contributed by atoms with Crippen molar-refractivity contribution < 1.29 is 9.84 Å². The zero-order valence-corrected chi connectivity index (χ0v) is 12.6. The summed E-state index contributed by atoms with van der Waals surface area (Å²) >= 11 is 0. The fraction of sp³-hybridized carbons (Fsp3) is 0.333. The summed E-state index contributed by atoms with van der Waals surface area (Å²) in [7, 11) is 0. The number of benzene rings is 2. The van der Waals surface area contributed by atoms with Gasteiger partial charge in [-0.05, 0) is 47.2 Å². The van der Waals surface area contributed by atoms with Crippen molar-refractivity contribution in [3.05, 3.63) is 59.2 Å². The first-order chi connectivity index (χ1) is 9.40. The molecule has 2 nitrogen and oxygen atoms in total. The van der Waals surface area contributed by atoms with Gasteiger partial charge in [0.25, 0.3) is 0 Å². The van der Waals surface area contributed by atoms with Crippen LogP contribution in [0, 0.1) is 6.92 Å². The van der Waals surface area contributed by atoms with E-state index < -0.39 is 0 Å². The normalized spacial score (nSPS) is 11.4. The van der Waals surface area contributed by atoms with E-state index in [1.54, 1.807) is 0 Å². The summed E-state index contributed by atoms with van der Waals surface area (Å²) in [4.78, 5) is 0. The van der Waals surface area contributed by atoms with Gasteiger partial charge < -0.3 is 9.84 Å². The Labute approximate surface area is 121 Å². The van der Waals surface area contributed by atoms with E-state index in [1.807, 2.05) is 37.3 Å². The Kier molecular flexibility index (Phi) is 4.15. The van der Waals surface area contributed by atoms with Gasteiger partial charge in [-0.2, -0.15) is 0 Å². The van der Waals surface area contributed by atoms with Crippen molar-refractivity contribution in [3.8, 4) is 11.5 Å². The van der Waals surface area contributed by atoms with Crippen LogP contribution in [0.3, 0.4) is 0 Å². The minimum atomic E-state index is 0.0562. The van der Waals surface area contributed by atoms with E-state index in [-0.39, 0.29) is 12.0 Å². The Bertz CT molecular complexity index is 595. The number of hydrogen-bond donors (Lipinski definition) is 1. The maximum Gasteiger partial charge on any atom is 0.130 e. The molecule has 0 aliphatic rings. The zero-order valence-electron chi connectivity index (χ0n) is 12.6. The molecular formula is C18H22O2. The van der Waals surface area contributed by atoms with Gasteiger partial charge in [-0.3, -0.25) is 0 Å². The number of aryl methyl sites for hydroxylation is 1. The zero-order chi connectivity index (χ0) is 14.8. The summed E-state index contributed by atoms with van der Waals surface area (Å²) in [5.41, 5.74) is 3.28. The van der Waals surface area contributed by atoms with Gasteiger partial charge in [0.05, 0.1) is 6.61 Å². The van der Waals surface area contributed by atoms with Crippen LogP contribution >= 0.6 is 0 Å². The van der Waals surface area contributed by atoms with E-state index >= 15 is 0 Å². The lowest BCUT2D eigenvalue weighted by Gasteiger charge is -2.20. The first-order valence-electron chi connectivity index (χ1n) is 6.89. The van der Waals surface area contributed by atoms with Crippen molar-refractivity contribution in [1.29, 1.82) is 0 Å². The minimum absolute atomic E-state index is 0.0562. The van der Waals surface area contributed by atoms with Crippen LogP contribution in [0.2, 0.25) is 0 Å². The highest BCUT2D eigenvalue weighted by molar-refractivity contribution is 5.41. The Morgan fingerprint density at radius 1 is 1.05 bits per heavy atom. The molecule has 1 N–H and O–H groups in total. The molecule has 0 heterocycles. The van der Waals surface area contributed by atoms with E-state index in [4.69, 9.17) is 9.84 Å². The summed E-state index contributed by atoms with van der Waals surface area (Å²) in [5.74, 6) is 1.67. The number of rotatable bonds is 3. The van der Waals surface area contributed by atoms with E-state index in [2.05, 4.69) is 32.9 Å². The van der Waals surface area contributed by atoms with Crippen LogP contribution in [0.5, 0.6) is 11.5 Å². The van der Waals surface area contributed by atoms with Gasteiger partial charge in [0.15, 0.2) is 0 Å². The van der Waals surface area contributed by atoms with Crippen LogP contribution in [0.15, 0.2) is 42.5 Å². The van der Waals surface area contributed by atoms with Gasteiger partial charge in [-0.15, -0.1) is 0 Å². The molecule has 0 fully saturated rings. The molecule has 0 unspecified atom stereocenters. The summed E-state index contributed by atoms with van der Waals surface area (Å²) in [6, 6.07) is 13.9. The predicted molar refractivity (Wildman–Crippen MR) is 82.3 cm³/mol. The molecule has 2 aromatic rings. The Balaban J connectivity index is 2.26. The second-order valence-electron chi connectivity index (χ2n) is 6.14. The van der Waals surface area contributed by atoms with E-state index in [1.165, 1.54) is 5.56 Å². The molecule has 0 bridgehead atoms. The highest BCUT2D eigenvalue weighted by Gasteiger charge is 2.14. The largest absolute Gasteiger partial charge is 0.457 e. The van der Waals surface area contributed by atoms with Gasteiger partial charge >= 0.3 is 0 Å². The van der Waals surface area contributed by atoms with Crippen LogP contribution in [-0.2, 0) is 12.0 Å². The molecular weight excluding hydrogens is 248 g/mol. The Morgan fingerprint density at radius 3 is 2.40 bits per heavy atom. The lowest BCUT2D eigenvalue weighted by atomic mass is 9.87. The molecule has 0 saturated heterocycles. The summed E-state index contributed by atoms with van der Waals surface area (Å²) in [5, 5.41) is 9.13. The highest BCUT2D eigenvalue weighted by atomic mass is 16.5. The molecule has 2 heteroatoms. The molecule has 0 spiro atoms. The summed E-state index contributed by atoms with van der Waals surface area (Å²) < 4.78 is 5.96. The van der Waals surface area contributed by atoms with E-state index in [0.717, 1.165) is 22.6 Å². The van der Waals surface area contributed by atoms with Gasteiger partial charge in [0.1, 0.15) is 11.5 Å². The molecule has 0 aliphatic heterocycles. The number of hydrogen-bond acceptors (Lipinski definition) is 2. The third-order valence-electron chi connectivity index (χ3n) is 3.35. The maximum atomic E-state index is 9.13. The molecule has 0 atom stereocenters. The lowest BCUT2D eigenvalue weighted by molar-refractivity contribution is 0.281. The maximum absolute atomic E-state index is 9.13. The molecule has 0 amide bonds. The molecule has 0 aromatic heterocycles. The standard InChI is InChI=1S/C18H22O2/c1-13-10-14(12-19)8-9-17(13)20-16-7-5-6-15(11-16)18(2,3)4/h5-11,19H,12H2,1-4H3. The van der Waals surface area contributed by atoms with Gasteiger partial charge in [0.2, 0.25) is 0 Å². The summed E-state index contributed by atoms with van der Waals surface area (Å²) in [6.07, 6.45) is 0. The number of ether oxygens (including phenoxy) is 1. The van der Waals surface area contributed by atoms with Crippen molar-refractivity contribution in [2.24, 2.45) is 0 Å². The van der Waals surface area contributed by atoms with Crippen LogP contribution in [0.4, 0.5) is 0 Å². The predicted octanol–water partition coefficient (Wildman–Crippen LogP) is 4.58. The van der Waals surface area contributed by atoms with Crippen LogP contribution in [0.1, 0.15) is 37.5 Å². The Hall–Kier alpha value is -1.80. The van der Waals surface area contributed by atoms with Crippen molar-refractivity contribution in [2.45, 2.75) is 39.7 Å². The molecule has 106 valence electrons. The average Bonchev–Trinajstić information content (AvgIpc) is 2.40. The van der Waals surface area contributed by atoms with Crippen LogP contribution in [-0.4, -0.2) is 5.11 Å². The van der Waals surface area contributed by atoms with Crippen LogP contribution < -0.4 is 4.74 Å². The minimum Gasteiger partial charge on any atom is -0.457 e. The second kappa shape index (κ2) is 5.68. The lowest BCUT2D eigenvalue weighted by Crippen LogP contribution is -2.10. The van der Waals surface area contributed by atoms with E-state index in [0.29, 0.717) is 0 Å². The number of aliphatic hydroxyl groups excluding tert-OH is 1. The molecule has 0 radical (unpaired) electrons. The molecule has 20 heavy (non-hydrogen) atoms. The molecule has 0 saturated carbocycles. The first-order valence-corrected chi connectivity index (χ1v) is 6.89. The fourth-order valence-electron chi connectivity index (χ4n) is 2.08. The second-order valence-corrected chi connectivity index (χ2v) is 6.14. The third-order valence-corrected chi connectivity index (χ3v) is 3.35. The highest BCUT2D eigenvalue weighted by Crippen LogP contribution is 2.30. The molecule has 0 aliphatic carbocycles. The Morgan fingerprint density at radius 2 is 1.80 bits per heavy atom. The number of aliphatic hydroxyl groups is 1. The topological polar surface area (TPSA) is 29.5 Å². The van der Waals surface area contributed by atoms with Crippen molar-refractivity contribution in [3.63, 3.8) is 0 Å². The monoisotopic (exact) mass is 270 g/mol. The average molecular weight is 270 g/mol. The van der Waals surface area contributed by atoms with Crippen molar-refractivity contribution in [1.82, 2.24) is 0 Å². The van der Waals surface area contributed by atoms with Gasteiger partial charge in [-0.25, -0.2) is 0 Å². The van der Waals surface area contributed by atoms with E-state index in [9.17, 15) is 0 Å². The SMILES string of the molecule is Cc1cc(CO)ccc1Oc1cccc(C(C)(C)C)c1. The molecule has 2 aromatic carbocycles. The van der Waals surface area contributed by atoms with Gasteiger partial charge in [0, 0.05) is 0 Å². The first kappa shape index (κ1) is 14.6. The fourth-order valence-corrected chi connectivity index (χ4v) is 2.08. The van der Waals surface area contributed by atoms with Crippen molar-refractivity contribution in [2.75, 3.05) is 0 Å². The van der Waals surface area contributed by atoms with Crippen LogP contribution in [0.25, 0.3) is 0 Å². The quantitative estimate of drug-likeness (QED) is 0.884.